The van der Waals surface area contributed by atoms with Gasteiger partial charge in [-0.3, -0.25) is 0 Å². The molecule has 0 unspecified atom stereocenters. The highest BCUT2D eigenvalue weighted by molar-refractivity contribution is 7.98. The summed E-state index contributed by atoms with van der Waals surface area (Å²) in [6.45, 7) is 5.71. The summed E-state index contributed by atoms with van der Waals surface area (Å²) < 4.78 is 0. The number of hydrogen-bond acceptors (Lipinski definition) is 2. The smallest absolute Gasteiger partial charge is 0.0413 e. The van der Waals surface area contributed by atoms with Crippen molar-refractivity contribution in [2.24, 2.45) is 0 Å². The molecule has 0 aliphatic carbocycles. The molecule has 0 radical (unpaired) electrons. The van der Waals surface area contributed by atoms with Crippen LogP contribution in [0.3, 0.4) is 0 Å². The zero-order valence-corrected chi connectivity index (χ0v) is 9.90. The van der Waals surface area contributed by atoms with Crippen molar-refractivity contribution in [3.05, 3.63) is 23.8 Å². The summed E-state index contributed by atoms with van der Waals surface area (Å²) in [5.41, 5.74) is 3.00. The fourth-order valence-corrected chi connectivity index (χ4v) is 2.82. The summed E-state index contributed by atoms with van der Waals surface area (Å²) in [5.74, 6) is 0. The molecule has 0 amide bonds. The molecule has 0 saturated carbocycles. The Morgan fingerprint density at radius 2 is 2.14 bits per heavy atom. The second-order valence-corrected chi connectivity index (χ2v) is 4.84. The number of rotatable bonds is 2. The van der Waals surface area contributed by atoms with Crippen molar-refractivity contribution in [2.45, 2.75) is 31.2 Å². The third-order valence-corrected chi connectivity index (χ3v) is 3.69. The minimum absolute atomic E-state index is 0.619. The molecular weight excluding hydrogens is 190 g/mol. The lowest BCUT2D eigenvalue weighted by atomic mass is 10.1. The lowest BCUT2D eigenvalue weighted by molar-refractivity contribution is 0.710. The van der Waals surface area contributed by atoms with E-state index in [0.717, 1.165) is 0 Å². The van der Waals surface area contributed by atoms with Crippen molar-refractivity contribution in [1.29, 1.82) is 0 Å². The number of anilines is 1. The molecule has 0 bridgehead atoms. The predicted octanol–water partition coefficient (Wildman–Crippen LogP) is 3.18. The van der Waals surface area contributed by atoms with Gasteiger partial charge in [-0.25, -0.2) is 0 Å². The molecule has 0 atom stereocenters. The van der Waals surface area contributed by atoms with Gasteiger partial charge < -0.3 is 4.90 Å². The van der Waals surface area contributed by atoms with Crippen molar-refractivity contribution in [3.8, 4) is 0 Å². The quantitative estimate of drug-likeness (QED) is 0.685. The van der Waals surface area contributed by atoms with Crippen LogP contribution in [-0.4, -0.2) is 18.8 Å². The first-order chi connectivity index (χ1) is 6.74. The predicted molar refractivity (Wildman–Crippen MR) is 64.4 cm³/mol. The van der Waals surface area contributed by atoms with E-state index in [1.807, 2.05) is 11.8 Å². The van der Waals surface area contributed by atoms with Gasteiger partial charge in [0.2, 0.25) is 0 Å². The molecule has 0 aromatic heterocycles. The number of hydrogen-bond donors (Lipinski definition) is 0. The van der Waals surface area contributed by atoms with E-state index in [1.54, 1.807) is 5.56 Å². The molecule has 2 heteroatoms. The SMILES string of the molecule is CSc1cccc2c1CCN2C(C)C. The molecule has 1 aromatic carbocycles. The molecule has 14 heavy (non-hydrogen) atoms. The Morgan fingerprint density at radius 1 is 1.36 bits per heavy atom. The summed E-state index contributed by atoms with van der Waals surface area (Å²) in [6.07, 6.45) is 3.37. The third kappa shape index (κ3) is 1.52. The molecule has 1 heterocycles. The monoisotopic (exact) mass is 207 g/mol. The van der Waals surface area contributed by atoms with Gasteiger partial charge in [0.15, 0.2) is 0 Å². The second kappa shape index (κ2) is 3.85. The largest absolute Gasteiger partial charge is 0.369 e. The summed E-state index contributed by atoms with van der Waals surface area (Å²) in [6, 6.07) is 7.27. The summed E-state index contributed by atoms with van der Waals surface area (Å²) in [4.78, 5) is 3.94. The van der Waals surface area contributed by atoms with Crippen molar-refractivity contribution < 1.29 is 0 Å². The van der Waals surface area contributed by atoms with Crippen LogP contribution in [0.2, 0.25) is 0 Å². The Morgan fingerprint density at radius 3 is 2.79 bits per heavy atom. The Hall–Kier alpha value is -0.630. The van der Waals surface area contributed by atoms with Crippen LogP contribution in [0.1, 0.15) is 19.4 Å². The Labute approximate surface area is 90.5 Å². The lowest BCUT2D eigenvalue weighted by Crippen LogP contribution is -2.28. The standard InChI is InChI=1S/C12H17NS/c1-9(2)13-8-7-10-11(13)5-4-6-12(10)14-3/h4-6,9H,7-8H2,1-3H3. The van der Waals surface area contributed by atoms with Gasteiger partial charge in [0.05, 0.1) is 0 Å². The fourth-order valence-electron chi connectivity index (χ4n) is 2.15. The maximum atomic E-state index is 2.50. The van der Waals surface area contributed by atoms with Crippen molar-refractivity contribution in [1.82, 2.24) is 0 Å². The summed E-state index contributed by atoms with van der Waals surface area (Å²) in [7, 11) is 0. The molecule has 0 saturated heterocycles. The zero-order valence-electron chi connectivity index (χ0n) is 9.08. The number of fused-ring (bicyclic) bond motifs is 1. The number of nitrogens with zero attached hydrogens (tertiary/aromatic N) is 1. The van der Waals surface area contributed by atoms with Gasteiger partial charge in [-0.1, -0.05) is 6.07 Å². The van der Waals surface area contributed by atoms with Crippen LogP contribution in [0.5, 0.6) is 0 Å². The average Bonchev–Trinajstić information content (AvgIpc) is 2.60. The van der Waals surface area contributed by atoms with Crippen molar-refractivity contribution >= 4 is 17.4 Å². The van der Waals surface area contributed by atoms with Crippen LogP contribution in [0.4, 0.5) is 5.69 Å². The van der Waals surface area contributed by atoms with E-state index in [0.29, 0.717) is 6.04 Å². The second-order valence-electron chi connectivity index (χ2n) is 4.00. The van der Waals surface area contributed by atoms with Gasteiger partial charge in [-0.05, 0) is 44.2 Å². The van der Waals surface area contributed by atoms with Crippen LogP contribution in [0, 0.1) is 0 Å². The van der Waals surface area contributed by atoms with E-state index in [2.05, 4.69) is 43.2 Å². The van der Waals surface area contributed by atoms with E-state index >= 15 is 0 Å². The molecule has 76 valence electrons. The van der Waals surface area contributed by atoms with Gasteiger partial charge in [0, 0.05) is 23.2 Å². The molecule has 1 nitrogen and oxygen atoms in total. The molecule has 2 rings (SSSR count). The minimum atomic E-state index is 0.619. The number of benzene rings is 1. The maximum Gasteiger partial charge on any atom is 0.0413 e. The van der Waals surface area contributed by atoms with Crippen LogP contribution in [0.25, 0.3) is 0 Å². The Balaban J connectivity index is 2.41. The van der Waals surface area contributed by atoms with Gasteiger partial charge in [0.25, 0.3) is 0 Å². The molecule has 0 fully saturated rings. The minimum Gasteiger partial charge on any atom is -0.369 e. The van der Waals surface area contributed by atoms with E-state index in [-0.39, 0.29) is 0 Å². The average molecular weight is 207 g/mol. The lowest BCUT2D eigenvalue weighted by Gasteiger charge is -2.24. The summed E-state index contributed by atoms with van der Waals surface area (Å²) in [5, 5.41) is 0. The molecule has 1 aliphatic rings. The Bertz CT molecular complexity index is 333. The fraction of sp³-hybridized carbons (Fsp3) is 0.500. The van der Waals surface area contributed by atoms with Crippen molar-refractivity contribution in [3.63, 3.8) is 0 Å². The molecular formula is C12H17NS. The highest BCUT2D eigenvalue weighted by Crippen LogP contribution is 2.35. The highest BCUT2D eigenvalue weighted by Gasteiger charge is 2.22. The van der Waals surface area contributed by atoms with Crippen LogP contribution in [-0.2, 0) is 6.42 Å². The molecule has 1 aromatic rings. The van der Waals surface area contributed by atoms with Crippen LogP contribution in [0.15, 0.2) is 23.1 Å². The van der Waals surface area contributed by atoms with Crippen LogP contribution < -0.4 is 4.90 Å². The van der Waals surface area contributed by atoms with E-state index in [9.17, 15) is 0 Å². The molecule has 1 aliphatic heterocycles. The van der Waals surface area contributed by atoms with Crippen LogP contribution >= 0.6 is 11.8 Å². The van der Waals surface area contributed by atoms with Gasteiger partial charge >= 0.3 is 0 Å². The highest BCUT2D eigenvalue weighted by atomic mass is 32.2. The van der Waals surface area contributed by atoms with Crippen molar-refractivity contribution in [2.75, 3.05) is 17.7 Å². The Kier molecular flexibility index (Phi) is 2.73. The van der Waals surface area contributed by atoms with Gasteiger partial charge in [-0.15, -0.1) is 11.8 Å². The van der Waals surface area contributed by atoms with E-state index < -0.39 is 0 Å². The first-order valence-corrected chi connectivity index (χ1v) is 6.39. The normalized spacial score (nSPS) is 15.0. The van der Waals surface area contributed by atoms with E-state index in [4.69, 9.17) is 0 Å². The first-order valence-electron chi connectivity index (χ1n) is 5.16. The summed E-state index contributed by atoms with van der Waals surface area (Å²) >= 11 is 1.86. The zero-order chi connectivity index (χ0) is 10.1. The van der Waals surface area contributed by atoms with Gasteiger partial charge in [0.1, 0.15) is 0 Å². The maximum absolute atomic E-state index is 2.50. The van der Waals surface area contributed by atoms with E-state index in [1.165, 1.54) is 23.5 Å². The van der Waals surface area contributed by atoms with Gasteiger partial charge in [-0.2, -0.15) is 0 Å². The molecule has 0 spiro atoms. The molecule has 0 N–H and O–H groups in total. The topological polar surface area (TPSA) is 3.24 Å². The number of thioether (sulfide) groups is 1. The first kappa shape index (κ1) is 9.91. The third-order valence-electron chi connectivity index (χ3n) is 2.86.